The molecule has 0 saturated heterocycles. The fourth-order valence-corrected chi connectivity index (χ4v) is 5.07. The molecule has 0 unspecified atom stereocenters. The standard InChI is InChI=1S/C31H34N6O/c1-3-34-29(33-2)27-18-24(12-13-28(27)32)23-11-10-21(17-23)19-36-30-26(9-6-15-35-30)31(38)37-16-14-22-7-4-5-8-25(22)20-37/h4-13,15,18H,3,14,16-17,19-20,32H2,1-2H3,(H,33,34)(H,35,36). The van der Waals surface area contributed by atoms with Crippen LogP contribution in [0.25, 0.3) is 5.57 Å². The maximum Gasteiger partial charge on any atom is 0.257 e. The summed E-state index contributed by atoms with van der Waals surface area (Å²) in [5, 5.41) is 6.58. The van der Waals surface area contributed by atoms with Gasteiger partial charge in [0.2, 0.25) is 0 Å². The van der Waals surface area contributed by atoms with E-state index in [1.165, 1.54) is 22.3 Å². The fourth-order valence-electron chi connectivity index (χ4n) is 5.07. The van der Waals surface area contributed by atoms with Gasteiger partial charge in [-0.3, -0.25) is 9.79 Å². The Labute approximate surface area is 224 Å². The average Bonchev–Trinajstić information content (AvgIpc) is 3.44. The highest BCUT2D eigenvalue weighted by Crippen LogP contribution is 2.31. The van der Waals surface area contributed by atoms with E-state index in [0.717, 1.165) is 29.8 Å². The smallest absolute Gasteiger partial charge is 0.257 e. The summed E-state index contributed by atoms with van der Waals surface area (Å²) < 4.78 is 0. The molecule has 38 heavy (non-hydrogen) atoms. The maximum atomic E-state index is 13.4. The van der Waals surface area contributed by atoms with Gasteiger partial charge < -0.3 is 21.3 Å². The SMILES string of the molecule is CC/N=C(/NC)c1cc(C2=CC=C(CNc3ncccc3C(=O)N3CCc4ccccc4C3)C2)ccc1N. The Hall–Kier alpha value is -4.39. The van der Waals surface area contributed by atoms with Gasteiger partial charge in [0.1, 0.15) is 11.7 Å². The summed E-state index contributed by atoms with van der Waals surface area (Å²) >= 11 is 0. The summed E-state index contributed by atoms with van der Waals surface area (Å²) in [6, 6.07) is 18.1. The molecule has 5 rings (SSSR count). The number of fused-ring (bicyclic) bond motifs is 1. The van der Waals surface area contributed by atoms with Gasteiger partial charge in [-0.1, -0.05) is 42.5 Å². The van der Waals surface area contributed by atoms with E-state index in [4.69, 9.17) is 5.73 Å². The van der Waals surface area contributed by atoms with Crippen molar-refractivity contribution >= 4 is 28.8 Å². The van der Waals surface area contributed by atoms with Crippen molar-refractivity contribution in [2.45, 2.75) is 26.3 Å². The first-order valence-electron chi connectivity index (χ1n) is 13.1. The molecular formula is C31H34N6O. The lowest BCUT2D eigenvalue weighted by Crippen LogP contribution is -2.36. The lowest BCUT2D eigenvalue weighted by atomic mass is 9.99. The van der Waals surface area contributed by atoms with Crippen molar-refractivity contribution in [3.63, 3.8) is 0 Å². The number of nitrogens with zero attached hydrogens (tertiary/aromatic N) is 3. The molecule has 4 N–H and O–H groups in total. The van der Waals surface area contributed by atoms with Crippen LogP contribution in [0.1, 0.15) is 46.0 Å². The van der Waals surface area contributed by atoms with E-state index >= 15 is 0 Å². The van der Waals surface area contributed by atoms with E-state index in [9.17, 15) is 4.79 Å². The lowest BCUT2D eigenvalue weighted by molar-refractivity contribution is 0.0735. The molecule has 2 aromatic carbocycles. The van der Waals surface area contributed by atoms with E-state index < -0.39 is 0 Å². The number of nitrogen functional groups attached to an aromatic ring is 1. The fraction of sp³-hybridized carbons (Fsp3) is 0.258. The molecule has 1 aromatic heterocycles. The zero-order valence-electron chi connectivity index (χ0n) is 22.0. The minimum atomic E-state index is 0.0119. The maximum absolute atomic E-state index is 13.4. The summed E-state index contributed by atoms with van der Waals surface area (Å²) in [5.74, 6) is 1.43. The highest BCUT2D eigenvalue weighted by atomic mass is 16.2. The quantitative estimate of drug-likeness (QED) is 0.246. The number of amides is 1. The molecule has 0 fully saturated rings. The van der Waals surface area contributed by atoms with Crippen molar-refractivity contribution in [2.24, 2.45) is 4.99 Å². The van der Waals surface area contributed by atoms with Crippen molar-refractivity contribution in [3.8, 4) is 0 Å². The van der Waals surface area contributed by atoms with Crippen LogP contribution in [0.15, 0.2) is 83.5 Å². The van der Waals surface area contributed by atoms with Crippen molar-refractivity contribution < 1.29 is 4.79 Å². The molecule has 1 aliphatic carbocycles. The van der Waals surface area contributed by atoms with Gasteiger partial charge in [0, 0.05) is 50.7 Å². The number of benzene rings is 2. The van der Waals surface area contributed by atoms with E-state index in [-0.39, 0.29) is 5.91 Å². The van der Waals surface area contributed by atoms with Crippen LogP contribution in [0, 0.1) is 0 Å². The third kappa shape index (κ3) is 5.32. The Morgan fingerprint density at radius 2 is 1.92 bits per heavy atom. The number of aliphatic imine (C=N–C) groups is 1. The lowest BCUT2D eigenvalue weighted by Gasteiger charge is -2.29. The second-order valence-corrected chi connectivity index (χ2v) is 9.57. The Balaban J connectivity index is 1.24. The van der Waals surface area contributed by atoms with Gasteiger partial charge in [-0.05, 0) is 71.9 Å². The van der Waals surface area contributed by atoms with Crippen LogP contribution in [0.4, 0.5) is 11.5 Å². The third-order valence-corrected chi connectivity index (χ3v) is 7.11. The number of hydrogen-bond donors (Lipinski definition) is 3. The minimum Gasteiger partial charge on any atom is -0.398 e. The molecule has 7 nitrogen and oxygen atoms in total. The molecule has 0 saturated carbocycles. The molecule has 0 atom stereocenters. The molecule has 3 aromatic rings. The average molecular weight is 507 g/mol. The summed E-state index contributed by atoms with van der Waals surface area (Å²) in [6.07, 6.45) is 7.71. The first-order chi connectivity index (χ1) is 18.6. The number of aromatic nitrogens is 1. The predicted octanol–water partition coefficient (Wildman–Crippen LogP) is 4.67. The Morgan fingerprint density at radius 3 is 2.74 bits per heavy atom. The molecule has 2 aliphatic rings. The van der Waals surface area contributed by atoms with Gasteiger partial charge >= 0.3 is 0 Å². The molecular weight excluding hydrogens is 472 g/mol. The molecule has 194 valence electrons. The topological polar surface area (TPSA) is 95.6 Å². The molecule has 0 spiro atoms. The van der Waals surface area contributed by atoms with E-state index in [1.807, 2.05) is 43.1 Å². The highest BCUT2D eigenvalue weighted by molar-refractivity contribution is 6.03. The molecule has 7 heteroatoms. The summed E-state index contributed by atoms with van der Waals surface area (Å²) in [6.45, 7) is 4.64. The number of allylic oxidation sites excluding steroid dienone is 3. The monoisotopic (exact) mass is 506 g/mol. The molecule has 1 amide bonds. The van der Waals surface area contributed by atoms with Gasteiger partial charge in [-0.25, -0.2) is 4.98 Å². The molecule has 2 heterocycles. The molecule has 1 aliphatic heterocycles. The van der Waals surface area contributed by atoms with Crippen LogP contribution in [0.2, 0.25) is 0 Å². The number of rotatable bonds is 7. The van der Waals surface area contributed by atoms with E-state index in [0.29, 0.717) is 43.2 Å². The highest BCUT2D eigenvalue weighted by Gasteiger charge is 2.24. The number of carbonyl (C=O) groups is 1. The van der Waals surface area contributed by atoms with Gasteiger partial charge in [-0.2, -0.15) is 0 Å². The first-order valence-corrected chi connectivity index (χ1v) is 13.1. The van der Waals surface area contributed by atoms with Crippen LogP contribution in [-0.2, 0) is 13.0 Å². The first kappa shape index (κ1) is 25.3. The third-order valence-electron chi connectivity index (χ3n) is 7.11. The second-order valence-electron chi connectivity index (χ2n) is 9.57. The van der Waals surface area contributed by atoms with Gasteiger partial charge in [0.25, 0.3) is 5.91 Å². The number of anilines is 2. The molecule has 0 radical (unpaired) electrons. The van der Waals surface area contributed by atoms with Crippen molar-refractivity contribution in [3.05, 3.63) is 106 Å². The minimum absolute atomic E-state index is 0.0119. The summed E-state index contributed by atoms with van der Waals surface area (Å²) in [4.78, 5) is 24.4. The number of nitrogens with two attached hydrogens (primary N) is 1. The van der Waals surface area contributed by atoms with Crippen LogP contribution >= 0.6 is 0 Å². The Kier molecular flexibility index (Phi) is 7.54. The van der Waals surface area contributed by atoms with Gasteiger partial charge in [-0.15, -0.1) is 0 Å². The van der Waals surface area contributed by atoms with Gasteiger partial charge in [0.15, 0.2) is 0 Å². The zero-order valence-corrected chi connectivity index (χ0v) is 22.0. The Morgan fingerprint density at radius 1 is 1.08 bits per heavy atom. The number of carbonyl (C=O) groups excluding carboxylic acids is 1. The van der Waals surface area contributed by atoms with E-state index in [1.54, 1.807) is 6.20 Å². The molecule has 0 bridgehead atoms. The predicted molar refractivity (Wildman–Crippen MR) is 155 cm³/mol. The normalized spacial score (nSPS) is 15.0. The van der Waals surface area contributed by atoms with Crippen LogP contribution in [-0.4, -0.2) is 48.3 Å². The van der Waals surface area contributed by atoms with Crippen molar-refractivity contribution in [2.75, 3.05) is 37.7 Å². The number of amidine groups is 1. The van der Waals surface area contributed by atoms with Gasteiger partial charge in [0.05, 0.1) is 5.56 Å². The van der Waals surface area contributed by atoms with Crippen molar-refractivity contribution in [1.29, 1.82) is 0 Å². The largest absolute Gasteiger partial charge is 0.398 e. The number of pyridine rings is 1. The summed E-state index contributed by atoms with van der Waals surface area (Å²) in [5.41, 5.74) is 14.6. The van der Waals surface area contributed by atoms with E-state index in [2.05, 4.69) is 63.1 Å². The van der Waals surface area contributed by atoms with Crippen LogP contribution in [0.3, 0.4) is 0 Å². The summed E-state index contributed by atoms with van der Waals surface area (Å²) in [7, 11) is 1.86. The number of nitrogens with one attached hydrogen (secondary N) is 2. The van der Waals surface area contributed by atoms with Crippen LogP contribution < -0.4 is 16.4 Å². The zero-order chi connectivity index (χ0) is 26.5. The number of hydrogen-bond acceptors (Lipinski definition) is 5. The van der Waals surface area contributed by atoms with Crippen molar-refractivity contribution in [1.82, 2.24) is 15.2 Å². The Bertz CT molecular complexity index is 1440. The second kappa shape index (κ2) is 11.3. The van der Waals surface area contributed by atoms with Crippen LogP contribution in [0.5, 0.6) is 0 Å².